The summed E-state index contributed by atoms with van der Waals surface area (Å²) in [6.45, 7) is 0.829. The number of benzene rings is 2. The van der Waals surface area contributed by atoms with Crippen molar-refractivity contribution in [2.45, 2.75) is 37.5 Å². The molecule has 2 aliphatic rings. The Morgan fingerprint density at radius 3 is 2.52 bits per heavy atom. The quantitative estimate of drug-likeness (QED) is 0.283. The highest BCUT2D eigenvalue weighted by molar-refractivity contribution is 6.04. The SMILES string of the molecule is COc1nc(-c2cccc(-c3cccc(NC(=O)c4cn(C)c(=O)n(C)c4=O)c3F)c2F)cc2c1[C@H](N[C@@H]1CCOC[C@@H]1O)CC2. The Bertz CT molecular complexity index is 1960. The summed E-state index contributed by atoms with van der Waals surface area (Å²) in [5, 5.41) is 16.3. The molecule has 240 valence electrons. The Morgan fingerprint density at radius 1 is 1.07 bits per heavy atom. The van der Waals surface area contributed by atoms with Gasteiger partial charge in [0.25, 0.3) is 11.5 Å². The zero-order valence-corrected chi connectivity index (χ0v) is 25.5. The van der Waals surface area contributed by atoms with Gasteiger partial charge < -0.3 is 29.8 Å². The van der Waals surface area contributed by atoms with E-state index in [4.69, 9.17) is 9.47 Å². The normalized spacial score (nSPS) is 19.1. The molecular formula is C33H33F2N5O6. The Kier molecular flexibility index (Phi) is 8.55. The lowest BCUT2D eigenvalue weighted by Gasteiger charge is -2.31. The van der Waals surface area contributed by atoms with Gasteiger partial charge in [0.05, 0.1) is 31.2 Å². The first-order valence-corrected chi connectivity index (χ1v) is 14.8. The number of aliphatic hydroxyl groups excluding tert-OH is 1. The van der Waals surface area contributed by atoms with Gasteiger partial charge in [-0.25, -0.2) is 18.6 Å². The van der Waals surface area contributed by atoms with Gasteiger partial charge in [-0.15, -0.1) is 0 Å². The molecule has 1 saturated heterocycles. The Balaban J connectivity index is 1.31. The van der Waals surface area contributed by atoms with Crippen LogP contribution in [0.5, 0.6) is 5.88 Å². The van der Waals surface area contributed by atoms with Crippen LogP contribution in [0.4, 0.5) is 14.5 Å². The molecule has 3 N–H and O–H groups in total. The first-order chi connectivity index (χ1) is 22.1. The highest BCUT2D eigenvalue weighted by Gasteiger charge is 2.33. The number of ether oxygens (including phenoxy) is 2. The Hall–Kier alpha value is -4.72. The molecule has 1 amide bonds. The average molecular weight is 634 g/mol. The van der Waals surface area contributed by atoms with E-state index in [1.807, 2.05) is 6.07 Å². The van der Waals surface area contributed by atoms with E-state index in [0.717, 1.165) is 32.9 Å². The van der Waals surface area contributed by atoms with Crippen molar-refractivity contribution in [2.75, 3.05) is 25.6 Å². The van der Waals surface area contributed by atoms with Gasteiger partial charge in [0.1, 0.15) is 11.4 Å². The summed E-state index contributed by atoms with van der Waals surface area (Å²) < 4.78 is 44.9. The molecule has 0 bridgehead atoms. The molecule has 0 radical (unpaired) electrons. The fraction of sp³-hybridized carbons (Fsp3) is 0.333. The van der Waals surface area contributed by atoms with E-state index in [9.17, 15) is 19.5 Å². The number of halogens is 2. The Morgan fingerprint density at radius 2 is 1.78 bits per heavy atom. The molecule has 1 fully saturated rings. The van der Waals surface area contributed by atoms with E-state index < -0.39 is 34.9 Å². The van der Waals surface area contributed by atoms with Crippen molar-refractivity contribution in [1.82, 2.24) is 19.4 Å². The number of carbonyl (C=O) groups is 1. The molecule has 0 saturated carbocycles. The summed E-state index contributed by atoms with van der Waals surface area (Å²) in [6, 6.07) is 10.3. The minimum atomic E-state index is -0.921. The maximum Gasteiger partial charge on any atom is 0.330 e. The lowest BCUT2D eigenvalue weighted by molar-refractivity contribution is -0.0304. The zero-order chi connectivity index (χ0) is 32.7. The van der Waals surface area contributed by atoms with Crippen molar-refractivity contribution < 1.29 is 28.2 Å². The summed E-state index contributed by atoms with van der Waals surface area (Å²) >= 11 is 0. The third-order valence-corrected chi connectivity index (χ3v) is 8.60. The van der Waals surface area contributed by atoms with E-state index in [1.165, 1.54) is 45.5 Å². The van der Waals surface area contributed by atoms with Crippen LogP contribution in [-0.2, 0) is 25.3 Å². The summed E-state index contributed by atoms with van der Waals surface area (Å²) in [6.07, 6.45) is 2.56. The predicted octanol–water partition coefficient (Wildman–Crippen LogP) is 3.08. The number of amides is 1. The van der Waals surface area contributed by atoms with E-state index in [2.05, 4.69) is 15.6 Å². The van der Waals surface area contributed by atoms with Crippen LogP contribution in [0, 0.1) is 11.6 Å². The largest absolute Gasteiger partial charge is 0.481 e. The van der Waals surface area contributed by atoms with E-state index in [1.54, 1.807) is 12.1 Å². The lowest BCUT2D eigenvalue weighted by Crippen LogP contribution is -2.47. The van der Waals surface area contributed by atoms with Crippen LogP contribution in [0.1, 0.15) is 40.4 Å². The smallest absolute Gasteiger partial charge is 0.330 e. The summed E-state index contributed by atoms with van der Waals surface area (Å²) in [5.74, 6) is -2.20. The van der Waals surface area contributed by atoms with Crippen molar-refractivity contribution in [1.29, 1.82) is 0 Å². The van der Waals surface area contributed by atoms with E-state index in [-0.39, 0.29) is 46.6 Å². The van der Waals surface area contributed by atoms with Gasteiger partial charge in [-0.3, -0.25) is 14.2 Å². The standard InChI is InChI=1S/C33H33F2N5O6/c1-39-15-21(32(43)40(2)33(39)44)30(42)37-24-9-5-7-19(29(24)35)18-6-4-8-20(28(18)34)25-14-17-10-11-23(27(17)31(38-25)45-3)36-22-12-13-46-16-26(22)41/h4-9,14-15,22-23,26,36,41H,10-13,16H2,1-3H3,(H,37,42)/t22-,23-,26+/m1/s1. The molecule has 6 rings (SSSR count). The Labute approximate surface area is 262 Å². The molecule has 4 aromatic rings. The summed E-state index contributed by atoms with van der Waals surface area (Å²) in [4.78, 5) is 42.1. The van der Waals surface area contributed by atoms with Crippen molar-refractivity contribution in [3.63, 3.8) is 0 Å². The predicted molar refractivity (Wildman–Crippen MR) is 166 cm³/mol. The van der Waals surface area contributed by atoms with Gasteiger partial charge >= 0.3 is 5.69 Å². The third-order valence-electron chi connectivity index (χ3n) is 8.60. The molecular weight excluding hydrogens is 600 g/mol. The average Bonchev–Trinajstić information content (AvgIpc) is 3.46. The van der Waals surface area contributed by atoms with Crippen LogP contribution in [0.2, 0.25) is 0 Å². The molecule has 0 unspecified atom stereocenters. The highest BCUT2D eigenvalue weighted by Crippen LogP contribution is 2.41. The fourth-order valence-corrected chi connectivity index (χ4v) is 6.17. The minimum absolute atomic E-state index is 0.0570. The molecule has 46 heavy (non-hydrogen) atoms. The van der Waals surface area contributed by atoms with E-state index >= 15 is 8.78 Å². The first-order valence-electron chi connectivity index (χ1n) is 14.8. The number of nitrogens with zero attached hydrogens (tertiary/aromatic N) is 3. The molecule has 11 nitrogen and oxygen atoms in total. The van der Waals surface area contributed by atoms with Gasteiger partial charge in [0.15, 0.2) is 5.82 Å². The first kappa shape index (κ1) is 31.3. The molecule has 2 aromatic heterocycles. The van der Waals surface area contributed by atoms with Gasteiger partial charge in [-0.05, 0) is 43.0 Å². The number of rotatable bonds is 7. The van der Waals surface area contributed by atoms with Crippen LogP contribution in [0.25, 0.3) is 22.4 Å². The number of nitrogens with one attached hydrogen (secondary N) is 2. The van der Waals surface area contributed by atoms with Crippen LogP contribution in [0.3, 0.4) is 0 Å². The van der Waals surface area contributed by atoms with E-state index in [0.29, 0.717) is 31.0 Å². The van der Waals surface area contributed by atoms with Crippen LogP contribution in [-0.4, -0.2) is 57.6 Å². The summed E-state index contributed by atoms with van der Waals surface area (Å²) in [5.41, 5.74) is -0.000967. The molecule has 1 aliphatic carbocycles. The molecule has 2 aromatic carbocycles. The number of aryl methyl sites for hydroxylation is 2. The van der Waals surface area contributed by atoms with Gasteiger partial charge in [-0.2, -0.15) is 0 Å². The van der Waals surface area contributed by atoms with Crippen molar-refractivity contribution in [3.8, 4) is 28.3 Å². The minimum Gasteiger partial charge on any atom is -0.481 e. The highest BCUT2D eigenvalue weighted by atomic mass is 19.1. The summed E-state index contributed by atoms with van der Waals surface area (Å²) in [7, 11) is 4.12. The molecule has 13 heteroatoms. The maximum absolute atomic E-state index is 16.2. The van der Waals surface area contributed by atoms with Crippen LogP contribution < -0.4 is 26.6 Å². The van der Waals surface area contributed by atoms with Gasteiger partial charge in [-0.1, -0.05) is 24.3 Å². The van der Waals surface area contributed by atoms with Gasteiger partial charge in [0, 0.05) is 61.2 Å². The second kappa shape index (κ2) is 12.6. The number of aromatic nitrogens is 3. The fourth-order valence-electron chi connectivity index (χ4n) is 6.17. The van der Waals surface area contributed by atoms with Crippen molar-refractivity contribution in [3.05, 3.63) is 97.8 Å². The van der Waals surface area contributed by atoms with Crippen molar-refractivity contribution in [2.24, 2.45) is 14.1 Å². The second-order valence-corrected chi connectivity index (χ2v) is 11.5. The monoisotopic (exact) mass is 633 g/mol. The molecule has 1 aliphatic heterocycles. The lowest BCUT2D eigenvalue weighted by atomic mass is 9.98. The van der Waals surface area contributed by atoms with Crippen molar-refractivity contribution >= 4 is 11.6 Å². The van der Waals surface area contributed by atoms with Gasteiger partial charge in [0.2, 0.25) is 5.88 Å². The second-order valence-electron chi connectivity index (χ2n) is 11.5. The number of pyridine rings is 1. The molecule has 0 spiro atoms. The van der Waals surface area contributed by atoms with Crippen LogP contribution >= 0.6 is 0 Å². The number of hydrogen-bond acceptors (Lipinski definition) is 8. The molecule has 3 heterocycles. The number of carbonyl (C=O) groups excluding carboxylic acids is 1. The number of hydrogen-bond donors (Lipinski definition) is 3. The topological polar surface area (TPSA) is 137 Å². The number of aliphatic hydroxyl groups is 1. The number of fused-ring (bicyclic) bond motifs is 1. The number of anilines is 1. The number of methoxy groups -OCH3 is 1. The zero-order valence-electron chi connectivity index (χ0n) is 25.5. The molecule has 3 atom stereocenters. The maximum atomic E-state index is 16.2. The third kappa shape index (κ3) is 5.61. The van der Waals surface area contributed by atoms with Crippen LogP contribution in [0.15, 0.2) is 58.3 Å².